The third-order valence-electron chi connectivity index (χ3n) is 2.04. The number of aliphatic carboxylic acids is 1. The fraction of sp³-hybridized carbons (Fsp3) is 0.300. The molecule has 2 aromatic heterocycles. The van der Waals surface area contributed by atoms with Gasteiger partial charge >= 0.3 is 5.97 Å². The first-order valence-electron chi connectivity index (χ1n) is 4.88. The van der Waals surface area contributed by atoms with Crippen molar-refractivity contribution < 1.29 is 19.4 Å². The summed E-state index contributed by atoms with van der Waals surface area (Å²) in [4.78, 5) is 21.5. The van der Waals surface area contributed by atoms with Gasteiger partial charge in [-0.05, 0) is 6.07 Å². The molecule has 0 radical (unpaired) electrons. The summed E-state index contributed by atoms with van der Waals surface area (Å²) in [5.41, 5.74) is 1.26. The third-order valence-corrected chi connectivity index (χ3v) is 2.04. The lowest BCUT2D eigenvalue weighted by molar-refractivity contribution is -0.142. The van der Waals surface area contributed by atoms with Gasteiger partial charge in [-0.3, -0.25) is 0 Å². The van der Waals surface area contributed by atoms with E-state index in [2.05, 4.69) is 15.0 Å². The quantitative estimate of drug-likeness (QED) is 0.788. The van der Waals surface area contributed by atoms with Gasteiger partial charge in [-0.2, -0.15) is 4.98 Å². The molecule has 0 aliphatic heterocycles. The smallest absolute Gasteiger partial charge is 0.329 e. The highest BCUT2D eigenvalue weighted by atomic mass is 16.5. The summed E-state index contributed by atoms with van der Waals surface area (Å²) >= 11 is 0. The number of carboxylic acids is 1. The second-order valence-electron chi connectivity index (χ2n) is 3.29. The molecule has 7 nitrogen and oxygen atoms in total. The van der Waals surface area contributed by atoms with Crippen molar-refractivity contribution in [3.63, 3.8) is 0 Å². The van der Waals surface area contributed by atoms with Crippen LogP contribution in [0.4, 0.5) is 0 Å². The average Bonchev–Trinajstić information content (AvgIpc) is 2.69. The molecule has 2 heterocycles. The number of nitrogens with one attached hydrogen (secondary N) is 1. The summed E-state index contributed by atoms with van der Waals surface area (Å²) < 4.78 is 9.89. The number of H-pyrrole nitrogens is 1. The summed E-state index contributed by atoms with van der Waals surface area (Å²) in [6.07, 6.45) is 0. The number of methoxy groups -OCH3 is 1. The second-order valence-corrected chi connectivity index (χ2v) is 3.29. The number of ether oxygens (including phenoxy) is 2. The fourth-order valence-electron chi connectivity index (χ4n) is 1.34. The number of aromatic nitrogens is 3. The Balaban J connectivity index is 2.11. The maximum absolute atomic E-state index is 10.3. The molecule has 2 aromatic rings. The molecule has 2 N–H and O–H groups in total. The van der Waals surface area contributed by atoms with Crippen LogP contribution >= 0.6 is 0 Å². The van der Waals surface area contributed by atoms with Crippen LogP contribution in [0.2, 0.25) is 0 Å². The summed E-state index contributed by atoms with van der Waals surface area (Å²) in [5.74, 6) is -0.00934. The van der Waals surface area contributed by atoms with E-state index in [1.807, 2.05) is 0 Å². The molecule has 0 spiro atoms. The minimum atomic E-state index is -1.01. The molecule has 0 aliphatic rings. The van der Waals surface area contributed by atoms with E-state index in [9.17, 15) is 4.79 Å². The lowest BCUT2D eigenvalue weighted by Crippen LogP contribution is -2.07. The molecule has 0 atom stereocenters. The number of aromatic amines is 1. The van der Waals surface area contributed by atoms with E-state index in [0.29, 0.717) is 17.4 Å². The molecule has 0 fully saturated rings. The first-order chi connectivity index (χ1) is 8.19. The highest BCUT2D eigenvalue weighted by Crippen LogP contribution is 2.14. The van der Waals surface area contributed by atoms with Gasteiger partial charge < -0.3 is 19.6 Å². The Labute approximate surface area is 96.4 Å². The zero-order valence-electron chi connectivity index (χ0n) is 9.14. The number of carboxylic acid groups (broad SMARTS) is 1. The fourth-order valence-corrected chi connectivity index (χ4v) is 1.34. The maximum atomic E-state index is 10.3. The average molecular weight is 237 g/mol. The summed E-state index contributed by atoms with van der Waals surface area (Å²) in [6.45, 7) is -0.251. The summed E-state index contributed by atoms with van der Waals surface area (Å²) in [7, 11) is 1.53. The van der Waals surface area contributed by atoms with Crippen molar-refractivity contribution in [2.24, 2.45) is 0 Å². The number of nitrogens with zero attached hydrogens (tertiary/aromatic N) is 2. The van der Waals surface area contributed by atoms with Crippen LogP contribution in [0.5, 0.6) is 5.88 Å². The Hall–Kier alpha value is -2.15. The van der Waals surface area contributed by atoms with Crippen molar-refractivity contribution in [2.75, 3.05) is 13.7 Å². The Morgan fingerprint density at radius 1 is 1.47 bits per heavy atom. The van der Waals surface area contributed by atoms with Crippen LogP contribution in [0.3, 0.4) is 0 Å². The Bertz CT molecular complexity index is 537. The predicted octanol–water partition coefficient (Wildman–Crippen LogP) is 0.568. The molecule has 17 heavy (non-hydrogen) atoms. The number of hydrogen-bond donors (Lipinski definition) is 2. The summed E-state index contributed by atoms with van der Waals surface area (Å²) in [5, 5.41) is 8.42. The van der Waals surface area contributed by atoms with E-state index >= 15 is 0 Å². The molecular formula is C10H11N3O4. The molecule has 0 saturated carbocycles. The van der Waals surface area contributed by atoms with Crippen molar-refractivity contribution in [1.29, 1.82) is 0 Å². The second kappa shape index (κ2) is 4.79. The minimum Gasteiger partial charge on any atom is -0.481 e. The first kappa shape index (κ1) is 11.3. The zero-order chi connectivity index (χ0) is 12.3. The Morgan fingerprint density at radius 2 is 2.29 bits per heavy atom. The van der Waals surface area contributed by atoms with Crippen molar-refractivity contribution in [3.05, 3.63) is 18.0 Å². The van der Waals surface area contributed by atoms with Crippen LogP contribution in [-0.2, 0) is 16.1 Å². The molecule has 0 bridgehead atoms. The molecule has 0 aromatic carbocycles. The lowest BCUT2D eigenvalue weighted by atomic mass is 10.4. The number of imidazole rings is 1. The predicted molar refractivity (Wildman–Crippen MR) is 57.7 cm³/mol. The first-order valence-corrected chi connectivity index (χ1v) is 4.88. The number of hydrogen-bond acceptors (Lipinski definition) is 5. The molecule has 2 rings (SSSR count). The van der Waals surface area contributed by atoms with Gasteiger partial charge in [0.25, 0.3) is 0 Å². The van der Waals surface area contributed by atoms with E-state index in [-0.39, 0.29) is 13.2 Å². The highest BCUT2D eigenvalue weighted by molar-refractivity contribution is 5.71. The van der Waals surface area contributed by atoms with Gasteiger partial charge in [0.15, 0.2) is 5.65 Å². The number of carbonyl (C=O) groups is 1. The van der Waals surface area contributed by atoms with Gasteiger partial charge in [-0.1, -0.05) is 0 Å². The van der Waals surface area contributed by atoms with E-state index in [0.717, 1.165) is 5.52 Å². The van der Waals surface area contributed by atoms with E-state index < -0.39 is 5.97 Å². The number of fused-ring (bicyclic) bond motifs is 1. The van der Waals surface area contributed by atoms with Crippen molar-refractivity contribution in [3.8, 4) is 5.88 Å². The van der Waals surface area contributed by atoms with Crippen LogP contribution in [0.1, 0.15) is 5.82 Å². The standard InChI is InChI=1S/C10H11N3O4/c1-16-8-3-2-6-10(13-8)12-7(11-6)4-17-5-9(14)15/h2-3H,4-5H2,1H3,(H,14,15)(H,11,12,13). The third kappa shape index (κ3) is 2.70. The van der Waals surface area contributed by atoms with Crippen LogP contribution in [-0.4, -0.2) is 39.7 Å². The zero-order valence-corrected chi connectivity index (χ0v) is 9.14. The monoisotopic (exact) mass is 237 g/mol. The molecule has 0 unspecified atom stereocenters. The summed E-state index contributed by atoms with van der Waals surface area (Å²) in [6, 6.07) is 3.50. The molecule has 0 aliphatic carbocycles. The largest absolute Gasteiger partial charge is 0.481 e. The molecular weight excluding hydrogens is 226 g/mol. The molecule has 7 heteroatoms. The molecule has 90 valence electrons. The van der Waals surface area contributed by atoms with Crippen LogP contribution < -0.4 is 4.74 Å². The normalized spacial score (nSPS) is 10.6. The van der Waals surface area contributed by atoms with Gasteiger partial charge in [-0.15, -0.1) is 0 Å². The van der Waals surface area contributed by atoms with Crippen molar-refractivity contribution in [2.45, 2.75) is 6.61 Å². The number of pyridine rings is 1. The number of rotatable bonds is 5. The van der Waals surface area contributed by atoms with Gasteiger partial charge in [0.05, 0.1) is 12.6 Å². The SMILES string of the molecule is COc1ccc2[nH]c(COCC(=O)O)nc2n1. The van der Waals surface area contributed by atoms with Crippen molar-refractivity contribution in [1.82, 2.24) is 15.0 Å². The lowest BCUT2D eigenvalue weighted by Gasteiger charge is -1.95. The van der Waals surface area contributed by atoms with Crippen molar-refractivity contribution >= 4 is 17.1 Å². The van der Waals surface area contributed by atoms with Gasteiger partial charge in [0.2, 0.25) is 5.88 Å². The van der Waals surface area contributed by atoms with Crippen LogP contribution in [0, 0.1) is 0 Å². The highest BCUT2D eigenvalue weighted by Gasteiger charge is 2.06. The van der Waals surface area contributed by atoms with Gasteiger partial charge in [-0.25, -0.2) is 9.78 Å². The topological polar surface area (TPSA) is 97.3 Å². The van der Waals surface area contributed by atoms with Crippen LogP contribution in [0.25, 0.3) is 11.2 Å². The van der Waals surface area contributed by atoms with Crippen LogP contribution in [0.15, 0.2) is 12.1 Å². The van der Waals surface area contributed by atoms with E-state index in [1.54, 1.807) is 12.1 Å². The minimum absolute atomic E-state index is 0.102. The molecule has 0 amide bonds. The maximum Gasteiger partial charge on any atom is 0.329 e. The Morgan fingerprint density at radius 3 is 3.00 bits per heavy atom. The van der Waals surface area contributed by atoms with E-state index in [1.165, 1.54) is 7.11 Å². The van der Waals surface area contributed by atoms with E-state index in [4.69, 9.17) is 14.6 Å². The van der Waals surface area contributed by atoms with Gasteiger partial charge in [0.1, 0.15) is 19.0 Å². The van der Waals surface area contributed by atoms with Gasteiger partial charge in [0, 0.05) is 6.07 Å². The molecule has 0 saturated heterocycles. The Kier molecular flexibility index (Phi) is 3.20.